The molecule has 6 atom stereocenters. The second-order valence-electron chi connectivity index (χ2n) is 14.3. The van der Waals surface area contributed by atoms with Gasteiger partial charge in [-0.05, 0) is 74.4 Å². The van der Waals surface area contributed by atoms with Gasteiger partial charge in [0.2, 0.25) is 11.8 Å². The fourth-order valence-electron chi connectivity index (χ4n) is 7.35. The first-order chi connectivity index (χ1) is 27.0. The minimum Gasteiger partial charge on any atom is -0.453 e. The van der Waals surface area contributed by atoms with E-state index in [0.29, 0.717) is 24.7 Å². The molecule has 0 saturated carbocycles. The number of rotatable bonds is 11. The molecular formula is C41H50N8O7. The Kier molecular flexibility index (Phi) is 12.6. The van der Waals surface area contributed by atoms with Crippen LogP contribution < -0.4 is 10.6 Å². The number of carbonyl (C=O) groups excluding carboxylic acids is 4. The van der Waals surface area contributed by atoms with Crippen LogP contribution in [0.25, 0.3) is 22.3 Å². The molecule has 2 saturated heterocycles. The standard InChI is InChI=1S/C41H50N8O7/c1-7-24(2)34(46-40(52)55-5)38(50)49-21-9-11-33(49)37-43-29-19-16-27(22-30(29)44-37)13-12-26-14-17-28(18-15-26)31-23-42-36(45-31)32-10-8-20-48(32)39(51)35(25(3)54-4)47-41(53)56-6/h14-19,22-25,32-35H,7-11,20-21H2,1-6H3,(H,42,45)(H,43,44)(H,46,52)(H,47,53)/t24-,25+,32-,33-,34-,35-/m0/s1. The lowest BCUT2D eigenvalue weighted by Crippen LogP contribution is -2.54. The van der Waals surface area contributed by atoms with Crippen molar-refractivity contribution in [3.63, 3.8) is 0 Å². The molecule has 6 rings (SSSR count). The number of methoxy groups -OCH3 is 3. The van der Waals surface area contributed by atoms with Gasteiger partial charge in [-0.3, -0.25) is 9.59 Å². The van der Waals surface area contributed by atoms with E-state index in [2.05, 4.69) is 37.4 Å². The lowest BCUT2D eigenvalue weighted by molar-refractivity contribution is -0.137. The van der Waals surface area contributed by atoms with Crippen molar-refractivity contribution in [3.05, 3.63) is 71.4 Å². The largest absolute Gasteiger partial charge is 0.453 e. The number of nitrogens with zero attached hydrogens (tertiary/aromatic N) is 4. The summed E-state index contributed by atoms with van der Waals surface area (Å²) in [4.78, 5) is 71.2. The third-order valence-electron chi connectivity index (χ3n) is 10.8. The number of hydrogen-bond donors (Lipinski definition) is 4. The van der Waals surface area contributed by atoms with Crippen LogP contribution in [0.1, 0.15) is 87.7 Å². The molecule has 4 aromatic rings. The molecule has 56 heavy (non-hydrogen) atoms. The summed E-state index contributed by atoms with van der Waals surface area (Å²) >= 11 is 0. The van der Waals surface area contributed by atoms with Gasteiger partial charge in [-0.25, -0.2) is 19.6 Å². The quantitative estimate of drug-likeness (QED) is 0.149. The van der Waals surface area contributed by atoms with Crippen LogP contribution in [0.2, 0.25) is 0 Å². The fraction of sp³-hybridized carbons (Fsp3) is 0.463. The van der Waals surface area contributed by atoms with E-state index in [1.807, 2.05) is 61.2 Å². The highest BCUT2D eigenvalue weighted by molar-refractivity contribution is 5.87. The molecule has 15 nitrogen and oxygen atoms in total. The molecule has 4 amide bonds. The summed E-state index contributed by atoms with van der Waals surface area (Å²) in [7, 11) is 4.04. The summed E-state index contributed by atoms with van der Waals surface area (Å²) in [5.41, 5.74) is 4.99. The van der Waals surface area contributed by atoms with Crippen molar-refractivity contribution in [2.75, 3.05) is 34.4 Å². The first-order valence-electron chi connectivity index (χ1n) is 19.0. The number of likely N-dealkylation sites (tertiary alicyclic amines) is 2. The molecule has 0 aliphatic carbocycles. The number of carbonyl (C=O) groups is 4. The number of alkyl carbamates (subject to hydrolysis) is 2. The van der Waals surface area contributed by atoms with Crippen LogP contribution in [-0.2, 0) is 23.8 Å². The highest BCUT2D eigenvalue weighted by Crippen LogP contribution is 2.34. The molecule has 2 aliphatic heterocycles. The smallest absolute Gasteiger partial charge is 0.407 e. The molecular weight excluding hydrogens is 716 g/mol. The van der Waals surface area contributed by atoms with Crippen LogP contribution in [0.15, 0.2) is 48.7 Å². The summed E-state index contributed by atoms with van der Waals surface area (Å²) in [6.07, 6.45) is 3.75. The molecule has 2 fully saturated rings. The van der Waals surface area contributed by atoms with Crippen molar-refractivity contribution in [3.8, 4) is 23.1 Å². The predicted octanol–water partition coefficient (Wildman–Crippen LogP) is 5.21. The number of H-pyrrole nitrogens is 2. The van der Waals surface area contributed by atoms with Crippen LogP contribution in [0.4, 0.5) is 9.59 Å². The Morgan fingerprint density at radius 2 is 1.41 bits per heavy atom. The third kappa shape index (κ3) is 8.65. The molecule has 15 heteroatoms. The normalized spacial score (nSPS) is 18.8. The number of aromatic amines is 2. The lowest BCUT2D eigenvalue weighted by Gasteiger charge is -2.30. The highest BCUT2D eigenvalue weighted by Gasteiger charge is 2.40. The van der Waals surface area contributed by atoms with Gasteiger partial charge in [0, 0.05) is 31.3 Å². The summed E-state index contributed by atoms with van der Waals surface area (Å²) in [5.74, 6) is 7.43. The molecule has 0 bridgehead atoms. The number of amides is 4. The number of benzene rings is 2. The van der Waals surface area contributed by atoms with Crippen molar-refractivity contribution >= 4 is 35.0 Å². The maximum Gasteiger partial charge on any atom is 0.407 e. The van der Waals surface area contributed by atoms with Gasteiger partial charge in [0.1, 0.15) is 23.7 Å². The van der Waals surface area contributed by atoms with E-state index in [9.17, 15) is 19.2 Å². The van der Waals surface area contributed by atoms with Crippen molar-refractivity contribution in [2.45, 2.75) is 83.1 Å². The van der Waals surface area contributed by atoms with Gasteiger partial charge < -0.3 is 44.6 Å². The molecule has 4 N–H and O–H groups in total. The maximum atomic E-state index is 13.7. The Morgan fingerprint density at radius 3 is 2.04 bits per heavy atom. The van der Waals surface area contributed by atoms with Gasteiger partial charge in [0.25, 0.3) is 0 Å². The summed E-state index contributed by atoms with van der Waals surface area (Å²) in [6.45, 7) is 6.78. The molecule has 4 heterocycles. The van der Waals surface area contributed by atoms with E-state index >= 15 is 0 Å². The molecule has 2 aliphatic rings. The number of aromatic nitrogens is 4. The zero-order valence-corrected chi connectivity index (χ0v) is 32.7. The van der Waals surface area contributed by atoms with Crippen LogP contribution in [0, 0.1) is 17.8 Å². The fourth-order valence-corrected chi connectivity index (χ4v) is 7.35. The minimum atomic E-state index is -0.901. The van der Waals surface area contributed by atoms with Gasteiger partial charge in [0.15, 0.2) is 0 Å². The second kappa shape index (κ2) is 17.7. The van der Waals surface area contributed by atoms with E-state index in [1.54, 1.807) is 18.0 Å². The minimum absolute atomic E-state index is 0.0648. The van der Waals surface area contributed by atoms with Crippen LogP contribution in [-0.4, -0.2) is 106 Å². The summed E-state index contributed by atoms with van der Waals surface area (Å²) in [5, 5.41) is 5.35. The number of hydrogen-bond acceptors (Lipinski definition) is 9. The number of imidazole rings is 2. The second-order valence-corrected chi connectivity index (χ2v) is 14.3. The predicted molar refractivity (Wildman–Crippen MR) is 208 cm³/mol. The number of nitrogens with one attached hydrogen (secondary N) is 4. The lowest BCUT2D eigenvalue weighted by atomic mass is 9.97. The van der Waals surface area contributed by atoms with Gasteiger partial charge in [-0.15, -0.1) is 0 Å². The Morgan fingerprint density at radius 1 is 0.821 bits per heavy atom. The first kappa shape index (κ1) is 39.8. The van der Waals surface area contributed by atoms with Crippen molar-refractivity contribution in [1.82, 2.24) is 40.4 Å². The van der Waals surface area contributed by atoms with Crippen LogP contribution in [0.3, 0.4) is 0 Å². The monoisotopic (exact) mass is 766 g/mol. The number of fused-ring (bicyclic) bond motifs is 1. The van der Waals surface area contributed by atoms with E-state index in [0.717, 1.165) is 65.5 Å². The van der Waals surface area contributed by atoms with Crippen LogP contribution in [0.5, 0.6) is 0 Å². The summed E-state index contributed by atoms with van der Waals surface area (Å²) < 4.78 is 14.9. The molecule has 296 valence electrons. The Hall–Kier alpha value is -5.88. The first-order valence-corrected chi connectivity index (χ1v) is 19.0. The van der Waals surface area contributed by atoms with Crippen molar-refractivity contribution in [2.24, 2.45) is 5.92 Å². The molecule has 2 aromatic carbocycles. The van der Waals surface area contributed by atoms with Gasteiger partial charge >= 0.3 is 12.2 Å². The third-order valence-corrected chi connectivity index (χ3v) is 10.8. The van der Waals surface area contributed by atoms with E-state index in [1.165, 1.54) is 21.3 Å². The van der Waals surface area contributed by atoms with Crippen molar-refractivity contribution in [1.29, 1.82) is 0 Å². The van der Waals surface area contributed by atoms with Gasteiger partial charge in [0.05, 0.1) is 55.3 Å². The molecule has 0 spiro atoms. The van der Waals surface area contributed by atoms with E-state index in [-0.39, 0.29) is 29.8 Å². The van der Waals surface area contributed by atoms with E-state index in [4.69, 9.17) is 19.2 Å². The van der Waals surface area contributed by atoms with Gasteiger partial charge in [-0.2, -0.15) is 0 Å². The van der Waals surface area contributed by atoms with E-state index < -0.39 is 30.4 Å². The van der Waals surface area contributed by atoms with Gasteiger partial charge in [-0.1, -0.05) is 44.2 Å². The highest BCUT2D eigenvalue weighted by atomic mass is 16.5. The molecule has 0 unspecified atom stereocenters. The Bertz CT molecular complexity index is 2100. The zero-order chi connectivity index (χ0) is 39.9. The maximum absolute atomic E-state index is 13.7. The SMILES string of the molecule is CC[C@H](C)[C@H](NC(=O)OC)C(=O)N1CCC[C@H]1c1nc2ccc(C#Cc3ccc(-c4cnc([C@@H]5CCCN5C(=O)[C@@H](NC(=O)OC)[C@@H](C)OC)[nH]4)cc3)cc2[nH]1. The molecule has 0 radical (unpaired) electrons. The topological polar surface area (TPSA) is 184 Å². The average Bonchev–Trinajstić information content (AvgIpc) is 4.06. The number of ether oxygens (including phenoxy) is 3. The molecule has 2 aromatic heterocycles. The van der Waals surface area contributed by atoms with Crippen LogP contribution >= 0.6 is 0 Å². The zero-order valence-electron chi connectivity index (χ0n) is 32.7. The average molecular weight is 767 g/mol. The summed E-state index contributed by atoms with van der Waals surface area (Å²) in [6, 6.07) is 11.6. The van der Waals surface area contributed by atoms with Crippen molar-refractivity contribution < 1.29 is 33.4 Å². The Labute approximate surface area is 326 Å². The Balaban J connectivity index is 1.12.